The number of aromatic amines is 1. The third-order valence-corrected chi connectivity index (χ3v) is 3.76. The van der Waals surface area contributed by atoms with Gasteiger partial charge in [-0.05, 0) is 6.42 Å². The zero-order chi connectivity index (χ0) is 12.2. The van der Waals surface area contributed by atoms with Crippen LogP contribution in [0.4, 0.5) is 0 Å². The standard InChI is InChI=1S/C12H13N3OS/c1-14(2)11(17)4-3-8-12-9-5-7(16)6-10(12)15(9)13-8/h5-6,13H,3-4H2,1-2H3. The minimum Gasteiger partial charge on any atom is -0.372 e. The Bertz CT molecular complexity index is 688. The molecule has 0 saturated heterocycles. The lowest BCUT2D eigenvalue weighted by atomic mass is 10.1. The lowest BCUT2D eigenvalue weighted by Gasteiger charge is -2.12. The van der Waals surface area contributed by atoms with Crippen molar-refractivity contribution >= 4 is 33.6 Å². The van der Waals surface area contributed by atoms with Crippen molar-refractivity contribution in [1.29, 1.82) is 0 Å². The Balaban J connectivity index is 1.86. The maximum atomic E-state index is 11.2. The van der Waals surface area contributed by atoms with Gasteiger partial charge >= 0.3 is 0 Å². The van der Waals surface area contributed by atoms with E-state index in [-0.39, 0.29) is 5.43 Å². The fourth-order valence-electron chi connectivity index (χ4n) is 2.27. The van der Waals surface area contributed by atoms with Crippen molar-refractivity contribution in [3.63, 3.8) is 0 Å². The van der Waals surface area contributed by atoms with Gasteiger partial charge in [-0.3, -0.25) is 14.4 Å². The van der Waals surface area contributed by atoms with Gasteiger partial charge in [0.2, 0.25) is 0 Å². The number of hydrogen-bond donors (Lipinski definition) is 1. The number of thiocarbonyl (C=S) groups is 1. The fourth-order valence-corrected chi connectivity index (χ4v) is 2.38. The third-order valence-electron chi connectivity index (χ3n) is 3.19. The number of fused-ring (bicyclic) bond motifs is 1. The van der Waals surface area contributed by atoms with E-state index in [1.807, 2.05) is 23.5 Å². The molecule has 4 aromatic rings. The van der Waals surface area contributed by atoms with Crippen molar-refractivity contribution in [3.05, 3.63) is 28.0 Å². The first-order valence-corrected chi connectivity index (χ1v) is 5.97. The average molecular weight is 247 g/mol. The van der Waals surface area contributed by atoms with E-state index in [1.54, 1.807) is 12.1 Å². The van der Waals surface area contributed by atoms with Crippen molar-refractivity contribution < 1.29 is 0 Å². The molecule has 0 radical (unpaired) electrons. The van der Waals surface area contributed by atoms with Gasteiger partial charge in [0.25, 0.3) is 0 Å². The Morgan fingerprint density at radius 1 is 1.41 bits per heavy atom. The Morgan fingerprint density at radius 2 is 2.06 bits per heavy atom. The summed E-state index contributed by atoms with van der Waals surface area (Å²) in [5.74, 6) is 0. The predicted molar refractivity (Wildman–Crippen MR) is 72.5 cm³/mol. The van der Waals surface area contributed by atoms with E-state index in [1.165, 1.54) is 11.1 Å². The third kappa shape index (κ3) is 1.42. The molecule has 4 aromatic heterocycles. The van der Waals surface area contributed by atoms with Crippen LogP contribution in [0.1, 0.15) is 12.1 Å². The SMILES string of the molecule is CN(C)C(=S)CCc1[nH]n2c3cc(=O)cc2c13. The summed E-state index contributed by atoms with van der Waals surface area (Å²) in [5.41, 5.74) is 3.29. The van der Waals surface area contributed by atoms with Crippen LogP contribution in [-0.4, -0.2) is 33.6 Å². The molecule has 5 heteroatoms. The van der Waals surface area contributed by atoms with Gasteiger partial charge in [0.05, 0.1) is 16.0 Å². The highest BCUT2D eigenvalue weighted by atomic mass is 32.1. The van der Waals surface area contributed by atoms with Gasteiger partial charge in [0.15, 0.2) is 5.43 Å². The molecule has 0 aromatic carbocycles. The quantitative estimate of drug-likeness (QED) is 0.713. The van der Waals surface area contributed by atoms with Crippen LogP contribution in [0.2, 0.25) is 0 Å². The molecule has 4 heterocycles. The highest BCUT2D eigenvalue weighted by Gasteiger charge is 2.19. The largest absolute Gasteiger partial charge is 0.372 e. The molecule has 0 aliphatic heterocycles. The van der Waals surface area contributed by atoms with Crippen LogP contribution in [0.5, 0.6) is 0 Å². The normalized spacial score (nSPS) is 11.9. The van der Waals surface area contributed by atoms with Crippen LogP contribution in [-0.2, 0) is 6.42 Å². The topological polar surface area (TPSA) is 40.5 Å². The Kier molecular flexibility index (Phi) is 2.13. The number of pyridine rings is 1. The molecule has 4 nitrogen and oxygen atoms in total. The monoisotopic (exact) mass is 247 g/mol. The lowest BCUT2D eigenvalue weighted by Crippen LogP contribution is -2.19. The number of rotatable bonds is 3. The summed E-state index contributed by atoms with van der Waals surface area (Å²) >= 11 is 5.26. The zero-order valence-corrected chi connectivity index (χ0v) is 10.6. The second-order valence-corrected chi connectivity index (χ2v) is 5.02. The maximum Gasteiger partial charge on any atom is 0.182 e. The van der Waals surface area contributed by atoms with E-state index < -0.39 is 0 Å². The lowest BCUT2D eigenvalue weighted by molar-refractivity contribution is 0.616. The Morgan fingerprint density at radius 3 is 2.65 bits per heavy atom. The number of aromatic nitrogens is 2. The molecule has 17 heavy (non-hydrogen) atoms. The smallest absolute Gasteiger partial charge is 0.182 e. The molecule has 0 fully saturated rings. The first kappa shape index (κ1) is 10.5. The summed E-state index contributed by atoms with van der Waals surface area (Å²) in [5, 5.41) is 4.49. The number of nitrogens with zero attached hydrogens (tertiary/aromatic N) is 2. The molecule has 4 rings (SSSR count). The average Bonchev–Trinajstić information content (AvgIpc) is 2.82. The highest BCUT2D eigenvalue weighted by Crippen LogP contribution is 2.30. The summed E-state index contributed by atoms with van der Waals surface area (Å²) in [6, 6.07) is 3.35. The van der Waals surface area contributed by atoms with E-state index in [4.69, 9.17) is 12.2 Å². The van der Waals surface area contributed by atoms with E-state index in [0.29, 0.717) is 0 Å². The van der Waals surface area contributed by atoms with Crippen LogP contribution in [0, 0.1) is 0 Å². The second-order valence-electron chi connectivity index (χ2n) is 4.55. The molecular formula is C12H13N3OS. The molecule has 88 valence electrons. The van der Waals surface area contributed by atoms with E-state index in [2.05, 4.69) is 5.10 Å². The summed E-state index contributed by atoms with van der Waals surface area (Å²) in [6.45, 7) is 0. The molecule has 0 aliphatic rings. The van der Waals surface area contributed by atoms with Crippen LogP contribution in [0.15, 0.2) is 16.9 Å². The van der Waals surface area contributed by atoms with Gasteiger partial charge < -0.3 is 4.90 Å². The van der Waals surface area contributed by atoms with Crippen molar-refractivity contribution in [2.75, 3.05) is 14.1 Å². The van der Waals surface area contributed by atoms with Gasteiger partial charge in [-0.1, -0.05) is 12.2 Å². The predicted octanol–water partition coefficient (Wildman–Crippen LogP) is 1.48. The molecule has 0 atom stereocenters. The van der Waals surface area contributed by atoms with E-state index in [9.17, 15) is 4.79 Å². The summed E-state index contributed by atoms with van der Waals surface area (Å²) in [7, 11) is 3.92. The summed E-state index contributed by atoms with van der Waals surface area (Å²) in [4.78, 5) is 14.1. The molecular weight excluding hydrogens is 234 g/mol. The van der Waals surface area contributed by atoms with Gasteiger partial charge in [-0.15, -0.1) is 0 Å². The molecule has 0 aliphatic carbocycles. The number of H-pyrrole nitrogens is 1. The minimum absolute atomic E-state index is 0.0851. The van der Waals surface area contributed by atoms with E-state index in [0.717, 1.165) is 28.9 Å². The minimum atomic E-state index is 0.0851. The van der Waals surface area contributed by atoms with Crippen molar-refractivity contribution in [1.82, 2.24) is 14.5 Å². The molecule has 0 spiro atoms. The molecule has 1 N–H and O–H groups in total. The highest BCUT2D eigenvalue weighted by molar-refractivity contribution is 7.80. The molecule has 0 amide bonds. The molecule has 0 saturated carbocycles. The molecule has 0 unspecified atom stereocenters. The van der Waals surface area contributed by atoms with Gasteiger partial charge in [0.1, 0.15) is 0 Å². The van der Waals surface area contributed by atoms with Gasteiger partial charge in [-0.2, -0.15) is 0 Å². The van der Waals surface area contributed by atoms with Crippen molar-refractivity contribution in [2.24, 2.45) is 0 Å². The van der Waals surface area contributed by atoms with Crippen LogP contribution in [0.3, 0.4) is 0 Å². The first-order valence-electron chi connectivity index (χ1n) is 5.56. The van der Waals surface area contributed by atoms with Gasteiger partial charge in [-0.25, -0.2) is 0 Å². The Hall–Kier alpha value is -1.62. The summed E-state index contributed by atoms with van der Waals surface area (Å²) in [6.07, 6.45) is 1.75. The van der Waals surface area contributed by atoms with Gasteiger partial charge in [0, 0.05) is 43.7 Å². The Labute approximate surface area is 103 Å². The van der Waals surface area contributed by atoms with Crippen LogP contribution >= 0.6 is 12.2 Å². The number of benzene rings is 1. The zero-order valence-electron chi connectivity index (χ0n) is 9.78. The molecule has 4 bridgehead atoms. The van der Waals surface area contributed by atoms with Crippen molar-refractivity contribution in [3.8, 4) is 0 Å². The number of nitrogens with one attached hydrogen (secondary N) is 1. The van der Waals surface area contributed by atoms with Crippen LogP contribution in [0.25, 0.3) is 16.4 Å². The van der Waals surface area contributed by atoms with Crippen molar-refractivity contribution in [2.45, 2.75) is 12.8 Å². The maximum absolute atomic E-state index is 11.2. The summed E-state index contributed by atoms with van der Waals surface area (Å²) < 4.78 is 1.96. The fraction of sp³-hybridized carbons (Fsp3) is 0.333. The first-order chi connectivity index (χ1) is 8.08. The second kappa shape index (κ2) is 3.43. The van der Waals surface area contributed by atoms with Crippen LogP contribution < -0.4 is 5.43 Å². The number of aryl methyl sites for hydroxylation is 1. The van der Waals surface area contributed by atoms with E-state index >= 15 is 0 Å². The number of hydrogen-bond acceptors (Lipinski definition) is 2.